The number of piperidine rings is 2. The average molecular weight is 778 g/mol. The fraction of sp³-hybridized carbons (Fsp3) is 0.528. The van der Waals surface area contributed by atoms with Crippen LogP contribution in [0.15, 0.2) is 45.6 Å². The van der Waals surface area contributed by atoms with Gasteiger partial charge in [-0.25, -0.2) is 24.0 Å². The molecule has 0 saturated carbocycles. The second-order valence-electron chi connectivity index (χ2n) is 13.1. The van der Waals surface area contributed by atoms with Crippen molar-refractivity contribution in [2.24, 2.45) is 0 Å². The van der Waals surface area contributed by atoms with Crippen LogP contribution in [0.3, 0.4) is 0 Å². The van der Waals surface area contributed by atoms with Gasteiger partial charge in [0.05, 0.1) is 18.2 Å². The van der Waals surface area contributed by atoms with Crippen molar-refractivity contribution in [3.63, 3.8) is 0 Å². The molecule has 4 heterocycles. The Morgan fingerprint density at radius 1 is 0.870 bits per heavy atom. The number of amides is 1. The fourth-order valence-electron chi connectivity index (χ4n) is 6.30. The van der Waals surface area contributed by atoms with E-state index in [9.17, 15) is 28.8 Å². The van der Waals surface area contributed by atoms with Crippen LogP contribution in [-0.2, 0) is 30.4 Å². The van der Waals surface area contributed by atoms with Crippen molar-refractivity contribution in [2.45, 2.75) is 69.9 Å². The van der Waals surface area contributed by atoms with Crippen LogP contribution in [0.25, 0.3) is 11.5 Å². The van der Waals surface area contributed by atoms with Gasteiger partial charge in [-0.05, 0) is 89.7 Å². The van der Waals surface area contributed by atoms with Crippen molar-refractivity contribution in [2.75, 3.05) is 53.4 Å². The predicted octanol–water partition coefficient (Wildman–Crippen LogP) is 3.27. The van der Waals surface area contributed by atoms with E-state index < -0.39 is 29.6 Å². The van der Waals surface area contributed by atoms with Crippen molar-refractivity contribution >= 4 is 41.4 Å². The molecule has 54 heavy (non-hydrogen) atoms. The number of likely N-dealkylation sites (tertiary alicyclic amines) is 2. The van der Waals surface area contributed by atoms with Crippen LogP contribution >= 0.6 is 11.6 Å². The number of carbonyl (C=O) groups excluding carboxylic acids is 1. The molecule has 2 fully saturated rings. The molecule has 0 unspecified atom stereocenters. The summed E-state index contributed by atoms with van der Waals surface area (Å²) < 4.78 is 13.0. The summed E-state index contributed by atoms with van der Waals surface area (Å²) in [5, 5.41) is 36.4. The van der Waals surface area contributed by atoms with Crippen LogP contribution in [0.4, 0.5) is 0 Å². The number of carboxylic acids is 4. The molecular formula is C36H48ClN5O12. The number of halogens is 1. The Hall–Kier alpha value is -5.00. The van der Waals surface area contributed by atoms with Crippen LogP contribution in [0.2, 0.25) is 5.02 Å². The minimum absolute atomic E-state index is 0.0128. The number of rotatable bonds is 12. The van der Waals surface area contributed by atoms with Gasteiger partial charge in [-0.1, -0.05) is 11.6 Å². The van der Waals surface area contributed by atoms with Crippen molar-refractivity contribution < 1.29 is 53.6 Å². The largest absolute Gasteiger partial charge is 0.492 e. The average Bonchev–Trinajstić information content (AvgIpc) is 3.53. The molecule has 17 nitrogen and oxygen atoms in total. The number of benzene rings is 1. The number of aliphatic carboxylic acids is 4. The lowest BCUT2D eigenvalue weighted by molar-refractivity contribution is -0.134. The van der Waals surface area contributed by atoms with Gasteiger partial charge in [0.25, 0.3) is 5.89 Å². The van der Waals surface area contributed by atoms with Gasteiger partial charge in [-0.2, -0.15) is 4.68 Å². The molecule has 0 atom stereocenters. The van der Waals surface area contributed by atoms with Crippen LogP contribution in [0.1, 0.15) is 63.0 Å². The van der Waals surface area contributed by atoms with E-state index in [4.69, 9.17) is 41.2 Å². The number of unbranched alkanes of at least 4 members (excludes halogenated alkanes) is 1. The second kappa shape index (κ2) is 21.6. The number of nitrogens with zero attached hydrogens (tertiary/aromatic N) is 5. The molecule has 3 aliphatic heterocycles. The summed E-state index contributed by atoms with van der Waals surface area (Å²) in [6.07, 6.45) is 10.4. The molecule has 1 aromatic heterocycles. The zero-order chi connectivity index (χ0) is 39.8. The predicted molar refractivity (Wildman–Crippen MR) is 196 cm³/mol. The number of aromatic nitrogens is 2. The highest BCUT2D eigenvalue weighted by molar-refractivity contribution is 6.31. The van der Waals surface area contributed by atoms with Gasteiger partial charge in [0, 0.05) is 68.0 Å². The van der Waals surface area contributed by atoms with Gasteiger partial charge in [-0.3, -0.25) is 4.79 Å². The highest BCUT2D eigenvalue weighted by Crippen LogP contribution is 2.38. The highest BCUT2D eigenvalue weighted by Gasteiger charge is 2.27. The van der Waals surface area contributed by atoms with Gasteiger partial charge >= 0.3 is 29.6 Å². The fourth-order valence-corrected chi connectivity index (χ4v) is 6.54. The Morgan fingerprint density at radius 3 is 1.98 bits per heavy atom. The topological polar surface area (TPSA) is 233 Å². The van der Waals surface area contributed by atoms with Crippen molar-refractivity contribution in [3.05, 3.63) is 57.6 Å². The van der Waals surface area contributed by atoms with Gasteiger partial charge in [0.1, 0.15) is 5.75 Å². The number of carbonyl (C=O) groups is 5. The smallest absolute Gasteiger partial charge is 0.437 e. The first-order chi connectivity index (χ1) is 25.6. The van der Waals surface area contributed by atoms with Crippen molar-refractivity contribution in [1.82, 2.24) is 24.5 Å². The zero-order valence-corrected chi connectivity index (χ0v) is 31.2. The molecule has 3 aliphatic rings. The van der Waals surface area contributed by atoms with E-state index in [1.54, 1.807) is 6.07 Å². The second-order valence-corrected chi connectivity index (χ2v) is 13.6. The lowest BCUT2D eigenvalue weighted by atomic mass is 10.0. The molecule has 5 rings (SSSR count). The lowest BCUT2D eigenvalue weighted by Crippen LogP contribution is -2.44. The van der Waals surface area contributed by atoms with Crippen LogP contribution in [0, 0.1) is 0 Å². The SMILES string of the molecule is CN(C)C1CCN(C(=O)CCCCN2CCC(n3nc(-c4cc(Cl)cc5c4OCCC5)oc3=O)CC2)CC1.O=C(O)/C=C/C(=O)O.O=C(O)/C=C/C(=O)O. The number of fused-ring (bicyclic) bond motifs is 1. The van der Waals surface area contributed by atoms with Crippen LogP contribution < -0.4 is 10.5 Å². The molecule has 1 amide bonds. The van der Waals surface area contributed by atoms with Crippen molar-refractivity contribution in [3.8, 4) is 17.2 Å². The summed E-state index contributed by atoms with van der Waals surface area (Å²) >= 11 is 6.33. The molecule has 2 aromatic rings. The van der Waals surface area contributed by atoms with Gasteiger partial charge < -0.3 is 44.3 Å². The van der Waals surface area contributed by atoms with Gasteiger partial charge in [0.2, 0.25) is 5.91 Å². The summed E-state index contributed by atoms with van der Waals surface area (Å²) in [4.78, 5) is 70.3. The number of aryl methyl sites for hydroxylation is 1. The van der Waals surface area contributed by atoms with Gasteiger partial charge in [-0.15, -0.1) is 5.10 Å². The molecular weight excluding hydrogens is 730 g/mol. The quantitative estimate of drug-likeness (QED) is 0.179. The summed E-state index contributed by atoms with van der Waals surface area (Å²) in [5.74, 6) is -4.17. The zero-order valence-electron chi connectivity index (χ0n) is 30.4. The maximum Gasteiger partial charge on any atom is 0.437 e. The monoisotopic (exact) mass is 777 g/mol. The Balaban J connectivity index is 0.000000410. The molecule has 0 spiro atoms. The number of carboxylic acid groups (broad SMARTS) is 4. The normalized spacial score (nSPS) is 16.6. The molecule has 0 bridgehead atoms. The first kappa shape index (κ1) is 43.4. The summed E-state index contributed by atoms with van der Waals surface area (Å²) in [6, 6.07) is 4.28. The van der Waals surface area contributed by atoms with E-state index in [1.165, 1.54) is 4.68 Å². The summed E-state index contributed by atoms with van der Waals surface area (Å²) in [6.45, 7) is 5.18. The van der Waals surface area contributed by atoms with E-state index >= 15 is 0 Å². The molecule has 2 saturated heterocycles. The number of hydrogen-bond donors (Lipinski definition) is 4. The summed E-state index contributed by atoms with van der Waals surface area (Å²) in [7, 11) is 4.24. The maximum absolute atomic E-state index is 12.7. The first-order valence-electron chi connectivity index (χ1n) is 17.6. The molecule has 1 aromatic carbocycles. The Bertz CT molecular complexity index is 1650. The minimum atomic E-state index is -1.26. The lowest BCUT2D eigenvalue weighted by Gasteiger charge is -2.35. The minimum Gasteiger partial charge on any atom is -0.492 e. The van der Waals surface area contributed by atoms with Crippen LogP contribution in [0.5, 0.6) is 5.75 Å². The van der Waals surface area contributed by atoms with E-state index in [1.807, 2.05) is 11.0 Å². The Labute approximate surface area is 317 Å². The molecule has 18 heteroatoms. The van der Waals surface area contributed by atoms with Crippen molar-refractivity contribution in [1.29, 1.82) is 0 Å². The van der Waals surface area contributed by atoms with E-state index in [2.05, 4.69) is 29.0 Å². The van der Waals surface area contributed by atoms with E-state index in [0.717, 1.165) is 95.4 Å². The number of hydrogen-bond acceptors (Lipinski definition) is 11. The third kappa shape index (κ3) is 14.4. The van der Waals surface area contributed by atoms with Gasteiger partial charge in [0.15, 0.2) is 0 Å². The number of ether oxygens (including phenoxy) is 1. The first-order valence-corrected chi connectivity index (χ1v) is 18.0. The highest BCUT2D eigenvalue weighted by atomic mass is 35.5. The molecule has 0 aliphatic carbocycles. The van der Waals surface area contributed by atoms with E-state index in [0.29, 0.717) is 59.9 Å². The third-order valence-electron chi connectivity index (χ3n) is 9.07. The third-order valence-corrected chi connectivity index (χ3v) is 9.29. The van der Waals surface area contributed by atoms with E-state index in [-0.39, 0.29) is 11.9 Å². The molecule has 4 N–H and O–H groups in total. The molecule has 296 valence electrons. The standard InChI is InChI=1S/C28H40ClN5O4.2C4H4O4/c1-31(2)22-10-15-33(16-11-22)25(35)7-3-4-12-32-13-8-23(9-14-32)34-28(36)38-27(30-34)24-19-21(29)18-20-6-5-17-37-26(20)24;2*5-3(6)1-2-4(7)8/h18-19,22-23H,3-17H2,1-2H3;2*1-2H,(H,5,6)(H,7,8)/b;2*2-1+. The van der Waals surface area contributed by atoms with Crippen LogP contribution in [-0.4, -0.2) is 134 Å². The molecule has 0 radical (unpaired) electrons. The Kier molecular flexibility index (Phi) is 17.4. The maximum atomic E-state index is 12.7. The Morgan fingerprint density at radius 2 is 1.44 bits per heavy atom. The summed E-state index contributed by atoms with van der Waals surface area (Å²) in [5.41, 5.74) is 1.68.